The minimum atomic E-state index is 0.884. The third kappa shape index (κ3) is 2.64. The molecule has 2 aromatic rings. The van der Waals surface area contributed by atoms with Crippen molar-refractivity contribution in [3.63, 3.8) is 0 Å². The number of halogens is 1. The van der Waals surface area contributed by atoms with Gasteiger partial charge in [-0.2, -0.15) is 0 Å². The Bertz CT molecular complexity index is 434. The van der Waals surface area contributed by atoms with Crippen molar-refractivity contribution in [3.8, 4) is 0 Å². The zero-order valence-electron chi connectivity index (χ0n) is 8.99. The number of para-hydroxylation sites is 1. The van der Waals surface area contributed by atoms with Gasteiger partial charge in [0.1, 0.15) is 0 Å². The van der Waals surface area contributed by atoms with E-state index in [0.717, 1.165) is 18.5 Å². The van der Waals surface area contributed by atoms with Gasteiger partial charge in [-0.25, -0.2) is 0 Å². The summed E-state index contributed by atoms with van der Waals surface area (Å²) in [5, 5.41) is 0. The molecule has 0 aliphatic heterocycles. The minimum absolute atomic E-state index is 0.884. The van der Waals surface area contributed by atoms with Crippen LogP contribution in [0.3, 0.4) is 0 Å². The lowest BCUT2D eigenvalue weighted by Crippen LogP contribution is -1.97. The zero-order chi connectivity index (χ0) is 11.4. The van der Waals surface area contributed by atoms with Crippen molar-refractivity contribution in [2.45, 2.75) is 12.8 Å². The van der Waals surface area contributed by atoms with Crippen molar-refractivity contribution in [2.75, 3.05) is 5.73 Å². The van der Waals surface area contributed by atoms with Crippen molar-refractivity contribution in [3.05, 3.63) is 64.1 Å². The average molecular weight is 276 g/mol. The number of hydrogen-bond donors (Lipinski definition) is 1. The predicted molar refractivity (Wildman–Crippen MR) is 72.4 cm³/mol. The van der Waals surface area contributed by atoms with Crippen LogP contribution in [0.1, 0.15) is 11.1 Å². The van der Waals surface area contributed by atoms with E-state index in [1.807, 2.05) is 24.3 Å². The molecule has 0 atom stereocenters. The minimum Gasteiger partial charge on any atom is -0.399 e. The molecule has 0 bridgehead atoms. The first kappa shape index (κ1) is 11.2. The van der Waals surface area contributed by atoms with Gasteiger partial charge in [0, 0.05) is 10.2 Å². The fourth-order valence-corrected chi connectivity index (χ4v) is 2.22. The highest BCUT2D eigenvalue weighted by Crippen LogP contribution is 2.19. The summed E-state index contributed by atoms with van der Waals surface area (Å²) >= 11 is 3.56. The lowest BCUT2D eigenvalue weighted by Gasteiger charge is -2.06. The molecule has 0 amide bonds. The summed E-state index contributed by atoms with van der Waals surface area (Å²) in [7, 11) is 0. The second-order valence-electron chi connectivity index (χ2n) is 3.79. The third-order valence-electron chi connectivity index (χ3n) is 2.68. The number of nitrogens with two attached hydrogens (primary N) is 1. The van der Waals surface area contributed by atoms with Crippen LogP contribution in [0.15, 0.2) is 53.0 Å². The summed E-state index contributed by atoms with van der Waals surface area (Å²) in [6.07, 6.45) is 1.99. The van der Waals surface area contributed by atoms with Gasteiger partial charge < -0.3 is 5.73 Å². The Morgan fingerprint density at radius 3 is 2.06 bits per heavy atom. The van der Waals surface area contributed by atoms with E-state index >= 15 is 0 Å². The molecule has 0 aromatic heterocycles. The van der Waals surface area contributed by atoms with Gasteiger partial charge in [-0.1, -0.05) is 52.3 Å². The van der Waals surface area contributed by atoms with E-state index in [1.54, 1.807) is 0 Å². The first-order chi connectivity index (χ1) is 7.77. The van der Waals surface area contributed by atoms with Gasteiger partial charge in [0.15, 0.2) is 0 Å². The predicted octanol–water partition coefficient (Wildman–Crippen LogP) is 3.82. The van der Waals surface area contributed by atoms with Gasteiger partial charge in [0.25, 0.3) is 0 Å². The highest BCUT2D eigenvalue weighted by Gasteiger charge is 2.01. The van der Waals surface area contributed by atoms with Gasteiger partial charge in [-0.15, -0.1) is 0 Å². The number of benzene rings is 2. The Balaban J connectivity index is 2.09. The monoisotopic (exact) mass is 275 g/mol. The van der Waals surface area contributed by atoms with Gasteiger partial charge in [0.2, 0.25) is 0 Å². The van der Waals surface area contributed by atoms with Crippen LogP contribution in [-0.2, 0) is 12.8 Å². The fourth-order valence-electron chi connectivity index (χ4n) is 1.73. The molecule has 0 spiro atoms. The SMILES string of the molecule is Nc1ccccc1CCc1ccccc1Br. The topological polar surface area (TPSA) is 26.0 Å². The molecule has 2 rings (SSSR count). The Labute approximate surface area is 104 Å². The molecule has 0 aliphatic rings. The van der Waals surface area contributed by atoms with E-state index in [2.05, 4.69) is 40.2 Å². The van der Waals surface area contributed by atoms with Crippen LogP contribution in [0.5, 0.6) is 0 Å². The summed E-state index contributed by atoms with van der Waals surface area (Å²) < 4.78 is 1.17. The molecule has 0 radical (unpaired) electrons. The molecule has 0 fully saturated rings. The van der Waals surface area contributed by atoms with Crippen molar-refractivity contribution < 1.29 is 0 Å². The van der Waals surface area contributed by atoms with Crippen molar-refractivity contribution in [2.24, 2.45) is 0 Å². The zero-order valence-corrected chi connectivity index (χ0v) is 10.6. The van der Waals surface area contributed by atoms with E-state index in [9.17, 15) is 0 Å². The van der Waals surface area contributed by atoms with Crippen LogP contribution in [0.2, 0.25) is 0 Å². The summed E-state index contributed by atoms with van der Waals surface area (Å²) in [5.41, 5.74) is 9.34. The number of rotatable bonds is 3. The largest absolute Gasteiger partial charge is 0.399 e. The molecular weight excluding hydrogens is 262 g/mol. The average Bonchev–Trinajstić information content (AvgIpc) is 2.30. The molecule has 2 N–H and O–H groups in total. The van der Waals surface area contributed by atoms with E-state index < -0.39 is 0 Å². The number of anilines is 1. The molecular formula is C14H14BrN. The van der Waals surface area contributed by atoms with Crippen molar-refractivity contribution >= 4 is 21.6 Å². The molecule has 0 unspecified atom stereocenters. The molecule has 16 heavy (non-hydrogen) atoms. The molecule has 0 heterocycles. The second-order valence-corrected chi connectivity index (χ2v) is 4.64. The standard InChI is InChI=1S/C14H14BrN/c15-13-7-3-1-5-11(13)9-10-12-6-2-4-8-14(12)16/h1-8H,9-10,16H2. The van der Waals surface area contributed by atoms with Crippen LogP contribution in [0.25, 0.3) is 0 Å². The van der Waals surface area contributed by atoms with E-state index in [-0.39, 0.29) is 0 Å². The normalized spacial score (nSPS) is 10.3. The van der Waals surface area contributed by atoms with Crippen molar-refractivity contribution in [1.82, 2.24) is 0 Å². The highest BCUT2D eigenvalue weighted by molar-refractivity contribution is 9.10. The first-order valence-electron chi connectivity index (χ1n) is 5.34. The Kier molecular flexibility index (Phi) is 3.62. The smallest absolute Gasteiger partial charge is 0.0346 e. The lowest BCUT2D eigenvalue weighted by molar-refractivity contribution is 0.957. The molecule has 82 valence electrons. The van der Waals surface area contributed by atoms with Crippen LogP contribution < -0.4 is 5.73 Å². The van der Waals surface area contributed by atoms with Gasteiger partial charge in [-0.3, -0.25) is 0 Å². The molecule has 0 saturated heterocycles. The van der Waals surface area contributed by atoms with Crippen LogP contribution in [0, 0.1) is 0 Å². The van der Waals surface area contributed by atoms with Gasteiger partial charge in [-0.05, 0) is 36.1 Å². The molecule has 0 aliphatic carbocycles. The van der Waals surface area contributed by atoms with E-state index in [1.165, 1.54) is 15.6 Å². The second kappa shape index (κ2) is 5.17. The maximum absolute atomic E-state index is 5.91. The van der Waals surface area contributed by atoms with Crippen LogP contribution >= 0.6 is 15.9 Å². The lowest BCUT2D eigenvalue weighted by atomic mass is 10.0. The van der Waals surface area contributed by atoms with Crippen LogP contribution in [0.4, 0.5) is 5.69 Å². The maximum atomic E-state index is 5.91. The summed E-state index contributed by atoms with van der Waals surface area (Å²) in [6, 6.07) is 16.4. The fraction of sp³-hybridized carbons (Fsp3) is 0.143. The highest BCUT2D eigenvalue weighted by atomic mass is 79.9. The molecule has 0 saturated carbocycles. The van der Waals surface area contributed by atoms with Crippen molar-refractivity contribution in [1.29, 1.82) is 0 Å². The van der Waals surface area contributed by atoms with E-state index in [4.69, 9.17) is 5.73 Å². The third-order valence-corrected chi connectivity index (χ3v) is 3.45. The molecule has 2 heteroatoms. The van der Waals surface area contributed by atoms with Crippen LogP contribution in [-0.4, -0.2) is 0 Å². The summed E-state index contributed by atoms with van der Waals surface area (Å²) in [4.78, 5) is 0. The first-order valence-corrected chi connectivity index (χ1v) is 6.13. The number of aryl methyl sites for hydroxylation is 2. The summed E-state index contributed by atoms with van der Waals surface area (Å²) in [5.74, 6) is 0. The summed E-state index contributed by atoms with van der Waals surface area (Å²) in [6.45, 7) is 0. The van der Waals surface area contributed by atoms with E-state index in [0.29, 0.717) is 0 Å². The Morgan fingerprint density at radius 1 is 0.812 bits per heavy atom. The molecule has 1 nitrogen and oxygen atoms in total. The van der Waals surface area contributed by atoms with Gasteiger partial charge >= 0.3 is 0 Å². The quantitative estimate of drug-likeness (QED) is 0.847. The Morgan fingerprint density at radius 2 is 1.38 bits per heavy atom. The van der Waals surface area contributed by atoms with Gasteiger partial charge in [0.05, 0.1) is 0 Å². The number of nitrogen functional groups attached to an aromatic ring is 1. The molecule has 2 aromatic carbocycles. The maximum Gasteiger partial charge on any atom is 0.0346 e. The number of hydrogen-bond acceptors (Lipinski definition) is 1. The Hall–Kier alpha value is -1.28.